The summed E-state index contributed by atoms with van der Waals surface area (Å²) in [5.41, 5.74) is 3.09. The number of rotatable bonds is 10. The molecule has 0 aliphatic heterocycles. The number of benzene rings is 1. The largest absolute Gasteiger partial charge is 0.481 e. The third-order valence-electron chi connectivity index (χ3n) is 4.43. The van der Waals surface area contributed by atoms with E-state index in [-0.39, 0.29) is 12.6 Å². The molecule has 0 radical (unpaired) electrons. The molecule has 0 aromatic heterocycles. The molecule has 29 heavy (non-hydrogen) atoms. The monoisotopic (exact) mass is 396 g/mol. The molecule has 1 aromatic rings. The van der Waals surface area contributed by atoms with Gasteiger partial charge >= 0.3 is 11.9 Å². The molecule has 2 rings (SSSR count). The molecule has 0 bridgehead atoms. The highest BCUT2D eigenvalue weighted by molar-refractivity contribution is 5.71. The van der Waals surface area contributed by atoms with Crippen molar-refractivity contribution in [3.8, 4) is 0 Å². The maximum Gasteiger partial charge on any atom is 0.307 e. The van der Waals surface area contributed by atoms with Crippen molar-refractivity contribution >= 4 is 11.9 Å². The summed E-state index contributed by atoms with van der Waals surface area (Å²) in [5, 5.41) is 9.27. The van der Waals surface area contributed by atoms with Crippen LogP contribution in [-0.2, 0) is 20.7 Å². The highest BCUT2D eigenvalue weighted by atomic mass is 16.5. The zero-order valence-corrected chi connectivity index (χ0v) is 17.5. The topological polar surface area (TPSA) is 63.6 Å². The molecular formula is C25H32O4. The van der Waals surface area contributed by atoms with Crippen LogP contribution in [0.3, 0.4) is 0 Å². The van der Waals surface area contributed by atoms with Crippen molar-refractivity contribution in [1.29, 1.82) is 0 Å². The molecule has 0 fully saturated rings. The minimum atomic E-state index is -0.811. The predicted molar refractivity (Wildman–Crippen MR) is 118 cm³/mol. The SMILES string of the molecule is C=CCC(CC1=CCC(COC(=O)CCc2ccccc2)=CC=C1)C(=O)O.CC. The van der Waals surface area contributed by atoms with E-state index in [0.29, 0.717) is 32.1 Å². The third-order valence-corrected chi connectivity index (χ3v) is 4.43. The summed E-state index contributed by atoms with van der Waals surface area (Å²) in [7, 11) is 0. The Bertz CT molecular complexity index is 741. The van der Waals surface area contributed by atoms with Crippen LogP contribution < -0.4 is 0 Å². The highest BCUT2D eigenvalue weighted by Gasteiger charge is 2.17. The van der Waals surface area contributed by atoms with Crippen molar-refractivity contribution in [1.82, 2.24) is 0 Å². The minimum absolute atomic E-state index is 0.214. The van der Waals surface area contributed by atoms with Gasteiger partial charge in [-0.15, -0.1) is 6.58 Å². The van der Waals surface area contributed by atoms with Crippen LogP contribution in [-0.4, -0.2) is 23.7 Å². The van der Waals surface area contributed by atoms with Gasteiger partial charge in [-0.05, 0) is 36.8 Å². The number of carboxylic acids is 1. The second-order valence-corrected chi connectivity index (χ2v) is 6.58. The molecule has 4 nitrogen and oxygen atoms in total. The Morgan fingerprint density at radius 3 is 2.62 bits per heavy atom. The number of hydrogen-bond acceptors (Lipinski definition) is 3. The quantitative estimate of drug-likeness (QED) is 0.409. The summed E-state index contributed by atoms with van der Waals surface area (Å²) >= 11 is 0. The fourth-order valence-corrected chi connectivity index (χ4v) is 2.86. The minimum Gasteiger partial charge on any atom is -0.481 e. The summed E-state index contributed by atoms with van der Waals surface area (Å²) in [4.78, 5) is 23.2. The first kappa shape index (κ1) is 24.2. The van der Waals surface area contributed by atoms with Gasteiger partial charge < -0.3 is 9.84 Å². The van der Waals surface area contributed by atoms with E-state index < -0.39 is 11.9 Å². The molecule has 1 aliphatic carbocycles. The van der Waals surface area contributed by atoms with Crippen LogP contribution in [0.1, 0.15) is 45.1 Å². The van der Waals surface area contributed by atoms with Crippen molar-refractivity contribution in [3.05, 3.63) is 84.0 Å². The fourth-order valence-electron chi connectivity index (χ4n) is 2.86. The number of allylic oxidation sites excluding steroid dienone is 6. The number of aryl methyl sites for hydroxylation is 1. The second-order valence-electron chi connectivity index (χ2n) is 6.58. The summed E-state index contributed by atoms with van der Waals surface area (Å²) in [6.07, 6.45) is 12.0. The molecule has 0 spiro atoms. The number of carbonyl (C=O) groups is 2. The number of carbonyl (C=O) groups excluding carboxylic acids is 1. The summed E-state index contributed by atoms with van der Waals surface area (Å²) in [6, 6.07) is 9.85. The summed E-state index contributed by atoms with van der Waals surface area (Å²) < 4.78 is 5.37. The van der Waals surface area contributed by atoms with Crippen LogP contribution >= 0.6 is 0 Å². The van der Waals surface area contributed by atoms with Gasteiger partial charge in [0, 0.05) is 6.42 Å². The van der Waals surface area contributed by atoms with Gasteiger partial charge in [0.1, 0.15) is 6.61 Å². The Kier molecular flexibility index (Phi) is 11.8. The number of hydrogen-bond donors (Lipinski definition) is 1. The van der Waals surface area contributed by atoms with E-state index in [1.807, 2.05) is 68.5 Å². The molecule has 1 atom stereocenters. The molecule has 156 valence electrons. The summed E-state index contributed by atoms with van der Waals surface area (Å²) in [6.45, 7) is 7.88. The number of ether oxygens (including phenoxy) is 1. The van der Waals surface area contributed by atoms with Crippen LogP contribution in [0, 0.1) is 5.92 Å². The van der Waals surface area contributed by atoms with E-state index >= 15 is 0 Å². The molecule has 0 amide bonds. The maximum atomic E-state index is 11.9. The Hall–Kier alpha value is -2.88. The molecule has 4 heteroatoms. The van der Waals surface area contributed by atoms with Gasteiger partial charge in [-0.2, -0.15) is 0 Å². The van der Waals surface area contributed by atoms with Crippen molar-refractivity contribution in [2.75, 3.05) is 6.61 Å². The number of esters is 1. The van der Waals surface area contributed by atoms with Gasteiger partial charge in [0.15, 0.2) is 0 Å². The zero-order chi connectivity index (χ0) is 21.5. The first-order valence-electron chi connectivity index (χ1n) is 10.2. The van der Waals surface area contributed by atoms with E-state index in [2.05, 4.69) is 6.58 Å². The Balaban J connectivity index is 0.00000204. The van der Waals surface area contributed by atoms with E-state index in [9.17, 15) is 14.7 Å². The molecule has 1 N–H and O–H groups in total. The Morgan fingerprint density at radius 1 is 1.24 bits per heavy atom. The normalized spacial score (nSPS) is 13.7. The predicted octanol–water partition coefficient (Wildman–Crippen LogP) is 5.67. The lowest BCUT2D eigenvalue weighted by molar-refractivity contribution is -0.143. The first-order chi connectivity index (χ1) is 14.1. The van der Waals surface area contributed by atoms with Crippen LogP contribution in [0.4, 0.5) is 0 Å². The van der Waals surface area contributed by atoms with Crippen molar-refractivity contribution < 1.29 is 19.4 Å². The lowest BCUT2D eigenvalue weighted by atomic mass is 9.95. The highest BCUT2D eigenvalue weighted by Crippen LogP contribution is 2.21. The van der Waals surface area contributed by atoms with Gasteiger partial charge in [-0.1, -0.05) is 80.1 Å². The molecule has 1 unspecified atom stereocenters. The van der Waals surface area contributed by atoms with Gasteiger partial charge in [-0.3, -0.25) is 9.59 Å². The van der Waals surface area contributed by atoms with E-state index in [1.54, 1.807) is 6.08 Å². The number of aliphatic carboxylic acids is 1. The molecule has 0 heterocycles. The van der Waals surface area contributed by atoms with Crippen LogP contribution in [0.25, 0.3) is 0 Å². The lowest BCUT2D eigenvalue weighted by Crippen LogP contribution is -2.13. The van der Waals surface area contributed by atoms with Crippen LogP contribution in [0.15, 0.2) is 78.4 Å². The van der Waals surface area contributed by atoms with E-state index in [1.165, 1.54) is 0 Å². The third kappa shape index (κ3) is 9.74. The standard InChI is InChI=1S/C23H26O4.C2H6/c1-2-7-21(23(25)26)16-19-10-6-11-20(13-12-19)17-27-22(24)15-14-18-8-4-3-5-9-18;1-2/h2-6,8-12,21H,1,7,13-17H2,(H,25,26);1-2H3. The Morgan fingerprint density at radius 2 is 1.97 bits per heavy atom. The molecular weight excluding hydrogens is 364 g/mol. The molecule has 1 aromatic carbocycles. The van der Waals surface area contributed by atoms with Gasteiger partial charge in [0.05, 0.1) is 5.92 Å². The van der Waals surface area contributed by atoms with Crippen molar-refractivity contribution in [2.24, 2.45) is 5.92 Å². The van der Waals surface area contributed by atoms with E-state index in [4.69, 9.17) is 4.74 Å². The summed E-state index contributed by atoms with van der Waals surface area (Å²) in [5.74, 6) is -1.49. The van der Waals surface area contributed by atoms with Crippen molar-refractivity contribution in [2.45, 2.75) is 46.0 Å². The smallest absolute Gasteiger partial charge is 0.307 e. The maximum absolute atomic E-state index is 11.9. The van der Waals surface area contributed by atoms with Gasteiger partial charge in [0.25, 0.3) is 0 Å². The van der Waals surface area contributed by atoms with E-state index in [0.717, 1.165) is 16.7 Å². The van der Waals surface area contributed by atoms with Crippen LogP contribution in [0.5, 0.6) is 0 Å². The lowest BCUT2D eigenvalue weighted by Gasteiger charge is -2.10. The zero-order valence-electron chi connectivity index (χ0n) is 17.5. The Labute approximate surface area is 174 Å². The van der Waals surface area contributed by atoms with Gasteiger partial charge in [0.2, 0.25) is 0 Å². The molecule has 0 saturated heterocycles. The van der Waals surface area contributed by atoms with Gasteiger partial charge in [-0.25, -0.2) is 0 Å². The average Bonchev–Trinajstić information content (AvgIpc) is 2.97. The van der Waals surface area contributed by atoms with Crippen molar-refractivity contribution in [3.63, 3.8) is 0 Å². The van der Waals surface area contributed by atoms with Crippen LogP contribution in [0.2, 0.25) is 0 Å². The second kappa shape index (κ2) is 14.2. The first-order valence-corrected chi connectivity index (χ1v) is 10.2. The average molecular weight is 397 g/mol. The molecule has 0 saturated carbocycles. The molecule has 1 aliphatic rings. The fraction of sp³-hybridized carbons (Fsp3) is 0.360. The number of carboxylic acid groups (broad SMARTS) is 1.